The molecule has 0 aromatic heterocycles. The lowest BCUT2D eigenvalue weighted by Crippen LogP contribution is -2.35. The van der Waals surface area contributed by atoms with Crippen LogP contribution in [0.5, 0.6) is 0 Å². The van der Waals surface area contributed by atoms with Gasteiger partial charge < -0.3 is 10.4 Å². The van der Waals surface area contributed by atoms with E-state index in [1.807, 2.05) is 6.07 Å². The van der Waals surface area contributed by atoms with Gasteiger partial charge in [0.2, 0.25) is 0 Å². The van der Waals surface area contributed by atoms with E-state index in [1.165, 1.54) is 23.3 Å². The second-order valence-corrected chi connectivity index (χ2v) is 10.9. The highest BCUT2D eigenvalue weighted by Crippen LogP contribution is 2.49. The molecule has 0 radical (unpaired) electrons. The lowest BCUT2D eigenvalue weighted by atomic mass is 9.62. The maximum atomic E-state index is 13.4. The molecule has 0 aliphatic heterocycles. The molecule has 0 bridgehead atoms. The van der Waals surface area contributed by atoms with Crippen molar-refractivity contribution in [2.75, 3.05) is 5.32 Å². The van der Waals surface area contributed by atoms with E-state index in [9.17, 15) is 14.3 Å². The van der Waals surface area contributed by atoms with Crippen molar-refractivity contribution in [3.8, 4) is 11.8 Å². The molecule has 1 aliphatic rings. The number of nitrogens with one attached hydrogen (secondary N) is 2. The van der Waals surface area contributed by atoms with Gasteiger partial charge in [-0.1, -0.05) is 57.7 Å². The number of aliphatic hydroxyl groups is 1. The molecule has 0 saturated carbocycles. The normalized spacial score (nSPS) is 16.1. The summed E-state index contributed by atoms with van der Waals surface area (Å²) in [6, 6.07) is 16.9. The quantitative estimate of drug-likeness (QED) is 0.197. The van der Waals surface area contributed by atoms with Crippen molar-refractivity contribution in [3.63, 3.8) is 0 Å². The summed E-state index contributed by atoms with van der Waals surface area (Å²) >= 11 is 0. The first-order chi connectivity index (χ1) is 17.5. The highest BCUT2D eigenvalue weighted by Gasteiger charge is 2.39. The molecule has 3 aromatic carbocycles. The Morgan fingerprint density at radius 3 is 2.30 bits per heavy atom. The fourth-order valence-electron chi connectivity index (χ4n) is 4.91. The largest absolute Gasteiger partial charge is 0.381 e. The van der Waals surface area contributed by atoms with Gasteiger partial charge in [-0.15, -0.1) is 0 Å². The molecule has 5 nitrogen and oxygen atoms in total. The first-order valence-electron chi connectivity index (χ1n) is 12.4. The van der Waals surface area contributed by atoms with Gasteiger partial charge in [0, 0.05) is 23.4 Å². The number of carbonyl (C=O) groups is 1. The molecule has 0 spiro atoms. The van der Waals surface area contributed by atoms with Crippen molar-refractivity contribution in [2.24, 2.45) is 0 Å². The van der Waals surface area contributed by atoms with Gasteiger partial charge in [-0.25, -0.2) is 9.87 Å². The predicted molar refractivity (Wildman–Crippen MR) is 143 cm³/mol. The zero-order valence-electron chi connectivity index (χ0n) is 21.7. The van der Waals surface area contributed by atoms with Crippen LogP contribution >= 0.6 is 0 Å². The number of hydrogen-bond acceptors (Lipinski definition) is 4. The summed E-state index contributed by atoms with van der Waals surface area (Å²) in [4.78, 5) is 11.5. The van der Waals surface area contributed by atoms with Gasteiger partial charge in [0.1, 0.15) is 11.9 Å². The van der Waals surface area contributed by atoms with E-state index in [-0.39, 0.29) is 16.6 Å². The third kappa shape index (κ3) is 5.85. The van der Waals surface area contributed by atoms with Gasteiger partial charge >= 0.3 is 0 Å². The smallest absolute Gasteiger partial charge is 0.274 e. The number of anilines is 1. The minimum absolute atomic E-state index is 0.0479. The van der Waals surface area contributed by atoms with Crippen LogP contribution in [-0.2, 0) is 17.4 Å². The van der Waals surface area contributed by atoms with Gasteiger partial charge in [-0.2, -0.15) is 0 Å². The Morgan fingerprint density at radius 2 is 1.65 bits per heavy atom. The maximum Gasteiger partial charge on any atom is 0.274 e. The molecule has 0 saturated heterocycles. The zero-order valence-corrected chi connectivity index (χ0v) is 21.7. The summed E-state index contributed by atoms with van der Waals surface area (Å²) in [6.07, 6.45) is 1.06. The molecular weight excluding hydrogens is 467 g/mol. The van der Waals surface area contributed by atoms with Crippen LogP contribution < -0.4 is 10.8 Å². The molecule has 4 rings (SSSR count). The number of carbonyl (C=O) groups excluding carboxylic acids is 1. The Balaban J connectivity index is 1.69. The number of benzene rings is 3. The molecule has 192 valence electrons. The zero-order chi connectivity index (χ0) is 26.8. The van der Waals surface area contributed by atoms with Crippen LogP contribution in [0.1, 0.15) is 84.8 Å². The van der Waals surface area contributed by atoms with E-state index in [4.69, 9.17) is 5.21 Å². The molecule has 37 heavy (non-hydrogen) atoms. The summed E-state index contributed by atoms with van der Waals surface area (Å²) in [5, 5.41) is 23.4. The fraction of sp³-hybridized carbons (Fsp3) is 0.323. The van der Waals surface area contributed by atoms with Gasteiger partial charge in [-0.3, -0.25) is 10.0 Å². The van der Waals surface area contributed by atoms with E-state index in [2.05, 4.69) is 50.9 Å². The van der Waals surface area contributed by atoms with Crippen LogP contribution in [0.3, 0.4) is 0 Å². The number of amides is 1. The lowest BCUT2D eigenvalue weighted by Gasteiger charge is -2.43. The molecule has 1 aliphatic carbocycles. The summed E-state index contributed by atoms with van der Waals surface area (Å²) < 4.78 is 13.4. The van der Waals surface area contributed by atoms with Crippen LogP contribution in [0.15, 0.2) is 60.7 Å². The van der Waals surface area contributed by atoms with Gasteiger partial charge in [0.25, 0.3) is 5.91 Å². The van der Waals surface area contributed by atoms with Crippen molar-refractivity contribution in [1.82, 2.24) is 5.48 Å². The van der Waals surface area contributed by atoms with Crippen LogP contribution in [0.25, 0.3) is 0 Å². The molecule has 1 unspecified atom stereocenters. The van der Waals surface area contributed by atoms with Gasteiger partial charge in [0.15, 0.2) is 0 Å². The molecule has 1 amide bonds. The van der Waals surface area contributed by atoms with Crippen LogP contribution in [-0.4, -0.2) is 16.2 Å². The number of hydrogen-bond donors (Lipinski definition) is 4. The monoisotopic (exact) mass is 500 g/mol. The van der Waals surface area contributed by atoms with Crippen molar-refractivity contribution < 1.29 is 19.5 Å². The lowest BCUT2D eigenvalue weighted by molar-refractivity contribution is 0.0706. The molecule has 6 heteroatoms. The van der Waals surface area contributed by atoms with E-state index in [0.29, 0.717) is 23.2 Å². The highest BCUT2D eigenvalue weighted by molar-refractivity contribution is 5.93. The summed E-state index contributed by atoms with van der Waals surface area (Å²) in [5.41, 5.74) is 7.50. The Bertz CT molecular complexity index is 1350. The summed E-state index contributed by atoms with van der Waals surface area (Å²) in [5.74, 6) is 5.04. The van der Waals surface area contributed by atoms with Crippen molar-refractivity contribution >= 4 is 11.6 Å². The van der Waals surface area contributed by atoms with Crippen molar-refractivity contribution in [2.45, 2.75) is 64.0 Å². The molecule has 1 atom stereocenters. The van der Waals surface area contributed by atoms with E-state index < -0.39 is 12.0 Å². The van der Waals surface area contributed by atoms with E-state index >= 15 is 0 Å². The van der Waals surface area contributed by atoms with Crippen LogP contribution in [0.2, 0.25) is 0 Å². The minimum atomic E-state index is -1.02. The van der Waals surface area contributed by atoms with Gasteiger partial charge in [0.05, 0.1) is 0 Å². The fourth-order valence-corrected chi connectivity index (χ4v) is 4.91. The summed E-state index contributed by atoms with van der Waals surface area (Å²) in [7, 11) is 0. The Kier molecular flexibility index (Phi) is 7.40. The van der Waals surface area contributed by atoms with Crippen LogP contribution in [0.4, 0.5) is 10.1 Å². The van der Waals surface area contributed by atoms with E-state index in [0.717, 1.165) is 24.1 Å². The number of aliphatic hydroxyl groups excluding tert-OH is 1. The van der Waals surface area contributed by atoms with Crippen molar-refractivity contribution in [1.29, 1.82) is 0 Å². The highest BCUT2D eigenvalue weighted by atomic mass is 19.1. The molecule has 4 N–H and O–H groups in total. The Labute approximate surface area is 217 Å². The molecule has 0 fully saturated rings. The third-order valence-electron chi connectivity index (χ3n) is 7.26. The Morgan fingerprint density at radius 1 is 1.00 bits per heavy atom. The number of halogens is 1. The maximum absolute atomic E-state index is 13.4. The second-order valence-electron chi connectivity index (χ2n) is 10.9. The third-order valence-corrected chi connectivity index (χ3v) is 7.26. The SMILES string of the molecule is CC1(C)CCC(C)(C)c2c(NCc3ccc(F)cc3)cc(C(O)C#Cc3ccc(C(=O)NO)cc3)cc21. The number of rotatable bonds is 5. The first kappa shape index (κ1) is 26.4. The predicted octanol–water partition coefficient (Wildman–Crippen LogP) is 5.99. The van der Waals surface area contributed by atoms with E-state index in [1.54, 1.807) is 41.9 Å². The number of fused-ring (bicyclic) bond motifs is 1. The minimum Gasteiger partial charge on any atom is -0.381 e. The first-order valence-corrected chi connectivity index (χ1v) is 12.4. The average molecular weight is 501 g/mol. The molecule has 0 heterocycles. The number of hydroxylamine groups is 1. The Hall–Kier alpha value is -3.66. The molecular formula is C31H33FN2O3. The van der Waals surface area contributed by atoms with Gasteiger partial charge in [-0.05, 0) is 88.4 Å². The summed E-state index contributed by atoms with van der Waals surface area (Å²) in [6.45, 7) is 9.50. The standard InChI is InChI=1S/C31H33FN2O3/c1-30(2)15-16-31(3,4)28-25(30)17-23(18-26(28)33-19-21-7-12-24(32)13-8-21)27(35)14-9-20-5-10-22(11-6-20)29(36)34-37/h5-8,10-13,17-18,27,33,35,37H,15-16,19H2,1-4H3,(H,34,36). The second kappa shape index (κ2) is 10.4. The molecule has 3 aromatic rings. The van der Waals surface area contributed by atoms with Crippen molar-refractivity contribution in [3.05, 3.63) is 99.9 Å². The van der Waals surface area contributed by atoms with Crippen LogP contribution in [0, 0.1) is 17.7 Å². The topological polar surface area (TPSA) is 81.6 Å². The average Bonchev–Trinajstić information content (AvgIpc) is 2.89.